The van der Waals surface area contributed by atoms with Crippen molar-refractivity contribution >= 4 is 11.0 Å². The molecule has 3 aromatic rings. The van der Waals surface area contributed by atoms with Crippen molar-refractivity contribution < 1.29 is 4.42 Å². The van der Waals surface area contributed by atoms with Gasteiger partial charge in [0.25, 0.3) is 5.56 Å². The monoisotopic (exact) mass is 256 g/mol. The number of rotatable bonds is 1. The van der Waals surface area contributed by atoms with E-state index in [0.29, 0.717) is 5.58 Å². The quantitative estimate of drug-likeness (QED) is 0.676. The molecule has 0 aliphatic heterocycles. The maximum Gasteiger partial charge on any atom is 0.336 e. The van der Waals surface area contributed by atoms with Crippen LogP contribution in [0.15, 0.2) is 44.3 Å². The first-order valence-electron chi connectivity index (χ1n) is 5.88. The number of H-pyrrole nitrogens is 1. The van der Waals surface area contributed by atoms with Crippen LogP contribution in [0.1, 0.15) is 11.3 Å². The topological polar surface area (TPSA) is 68.0 Å². The second-order valence-electron chi connectivity index (χ2n) is 4.54. The molecule has 1 N–H and O–H groups in total. The van der Waals surface area contributed by atoms with Gasteiger partial charge in [0.2, 0.25) is 0 Å². The Bertz CT molecular complexity index is 884. The van der Waals surface area contributed by atoms with Crippen LogP contribution in [0.5, 0.6) is 0 Å². The number of aryl methyl sites for hydroxylation is 2. The SMILES string of the molecule is Cc1cc(=O)n(-c2cc3ccc(=O)oc3cc2C)[nH]1. The Morgan fingerprint density at radius 2 is 1.89 bits per heavy atom. The second kappa shape index (κ2) is 3.98. The van der Waals surface area contributed by atoms with E-state index < -0.39 is 0 Å². The minimum Gasteiger partial charge on any atom is -0.423 e. The molecule has 96 valence electrons. The van der Waals surface area contributed by atoms with E-state index in [1.54, 1.807) is 12.1 Å². The highest BCUT2D eigenvalue weighted by molar-refractivity contribution is 5.80. The Balaban J connectivity index is 2.33. The van der Waals surface area contributed by atoms with Gasteiger partial charge in [-0.3, -0.25) is 9.89 Å². The molecule has 0 aliphatic rings. The van der Waals surface area contributed by atoms with E-state index in [2.05, 4.69) is 5.10 Å². The predicted molar refractivity (Wildman–Crippen MR) is 71.9 cm³/mol. The van der Waals surface area contributed by atoms with Gasteiger partial charge in [-0.15, -0.1) is 0 Å². The van der Waals surface area contributed by atoms with E-state index >= 15 is 0 Å². The molecule has 0 atom stereocenters. The van der Waals surface area contributed by atoms with Crippen LogP contribution in [0.3, 0.4) is 0 Å². The Labute approximate surface area is 108 Å². The number of fused-ring (bicyclic) bond motifs is 1. The summed E-state index contributed by atoms with van der Waals surface area (Å²) in [5, 5.41) is 3.77. The number of hydrogen-bond acceptors (Lipinski definition) is 3. The third kappa shape index (κ3) is 1.89. The summed E-state index contributed by atoms with van der Waals surface area (Å²) in [4.78, 5) is 23.0. The summed E-state index contributed by atoms with van der Waals surface area (Å²) in [5.74, 6) is 0. The molecule has 0 fully saturated rings. The third-order valence-corrected chi connectivity index (χ3v) is 3.03. The highest BCUT2D eigenvalue weighted by Gasteiger charge is 2.08. The van der Waals surface area contributed by atoms with Crippen LogP contribution < -0.4 is 11.2 Å². The summed E-state index contributed by atoms with van der Waals surface area (Å²) in [6.45, 7) is 3.69. The number of aromatic amines is 1. The van der Waals surface area contributed by atoms with E-state index in [-0.39, 0.29) is 11.2 Å². The van der Waals surface area contributed by atoms with Crippen molar-refractivity contribution in [3.63, 3.8) is 0 Å². The Morgan fingerprint density at radius 3 is 2.58 bits per heavy atom. The van der Waals surface area contributed by atoms with Crippen LogP contribution in [0.2, 0.25) is 0 Å². The summed E-state index contributed by atoms with van der Waals surface area (Å²) in [6, 6.07) is 8.17. The highest BCUT2D eigenvalue weighted by Crippen LogP contribution is 2.20. The zero-order chi connectivity index (χ0) is 13.6. The van der Waals surface area contributed by atoms with Crippen molar-refractivity contribution in [2.45, 2.75) is 13.8 Å². The summed E-state index contributed by atoms with van der Waals surface area (Å²) >= 11 is 0. The van der Waals surface area contributed by atoms with Crippen LogP contribution in [-0.4, -0.2) is 9.78 Å². The molecule has 1 aromatic carbocycles. The lowest BCUT2D eigenvalue weighted by Gasteiger charge is -2.07. The Morgan fingerprint density at radius 1 is 1.11 bits per heavy atom. The van der Waals surface area contributed by atoms with Crippen LogP contribution in [0.25, 0.3) is 16.7 Å². The van der Waals surface area contributed by atoms with Gasteiger partial charge in [0.15, 0.2) is 0 Å². The molecule has 3 rings (SSSR count). The van der Waals surface area contributed by atoms with E-state index in [4.69, 9.17) is 4.42 Å². The fraction of sp³-hybridized carbons (Fsp3) is 0.143. The molecule has 0 unspecified atom stereocenters. The van der Waals surface area contributed by atoms with Crippen LogP contribution >= 0.6 is 0 Å². The number of aromatic nitrogens is 2. The second-order valence-corrected chi connectivity index (χ2v) is 4.54. The number of nitrogens with zero attached hydrogens (tertiary/aromatic N) is 1. The summed E-state index contributed by atoms with van der Waals surface area (Å²) in [7, 11) is 0. The van der Waals surface area contributed by atoms with E-state index in [9.17, 15) is 9.59 Å². The molecule has 0 amide bonds. The molecule has 5 nitrogen and oxygen atoms in total. The fourth-order valence-electron chi connectivity index (χ4n) is 2.14. The van der Waals surface area contributed by atoms with E-state index in [0.717, 1.165) is 22.3 Å². The van der Waals surface area contributed by atoms with Gasteiger partial charge in [0.05, 0.1) is 5.69 Å². The normalized spacial score (nSPS) is 11.1. The van der Waals surface area contributed by atoms with Crippen LogP contribution in [0.4, 0.5) is 0 Å². The maximum atomic E-state index is 11.8. The van der Waals surface area contributed by atoms with Crippen molar-refractivity contribution in [3.8, 4) is 5.69 Å². The molecular formula is C14H12N2O3. The zero-order valence-corrected chi connectivity index (χ0v) is 10.6. The lowest BCUT2D eigenvalue weighted by molar-refractivity contribution is 0.560. The van der Waals surface area contributed by atoms with Gasteiger partial charge in [-0.25, -0.2) is 9.48 Å². The van der Waals surface area contributed by atoms with Gasteiger partial charge in [0.1, 0.15) is 5.58 Å². The van der Waals surface area contributed by atoms with E-state index in [1.165, 1.54) is 16.8 Å². The van der Waals surface area contributed by atoms with Crippen molar-refractivity contribution in [2.75, 3.05) is 0 Å². The first-order valence-corrected chi connectivity index (χ1v) is 5.88. The van der Waals surface area contributed by atoms with Gasteiger partial charge in [-0.2, -0.15) is 0 Å². The van der Waals surface area contributed by atoms with Gasteiger partial charge < -0.3 is 4.42 Å². The van der Waals surface area contributed by atoms with Gasteiger partial charge >= 0.3 is 5.63 Å². The molecule has 0 aliphatic carbocycles. The first-order chi connectivity index (χ1) is 9.04. The maximum absolute atomic E-state index is 11.8. The number of hydrogen-bond donors (Lipinski definition) is 1. The minimum absolute atomic E-state index is 0.114. The average molecular weight is 256 g/mol. The standard InChI is InChI=1S/C14H12N2O3/c1-8-5-12-10(3-4-14(18)19-12)7-11(8)16-13(17)6-9(2)15-16/h3-7,15H,1-2H3. The Hall–Kier alpha value is -2.56. The number of benzene rings is 1. The molecule has 5 heteroatoms. The summed E-state index contributed by atoms with van der Waals surface area (Å²) in [5.41, 5.74) is 2.42. The van der Waals surface area contributed by atoms with Gasteiger partial charge in [-0.05, 0) is 37.6 Å². The van der Waals surface area contributed by atoms with Crippen molar-refractivity contribution in [3.05, 3.63) is 62.4 Å². The molecule has 0 bridgehead atoms. The van der Waals surface area contributed by atoms with Crippen LogP contribution in [-0.2, 0) is 0 Å². The van der Waals surface area contributed by atoms with Crippen molar-refractivity contribution in [1.29, 1.82) is 0 Å². The lowest BCUT2D eigenvalue weighted by Crippen LogP contribution is -2.14. The molecule has 2 aromatic heterocycles. The number of nitrogens with one attached hydrogen (secondary N) is 1. The summed E-state index contributed by atoms with van der Waals surface area (Å²) < 4.78 is 6.60. The molecule has 2 heterocycles. The van der Waals surface area contributed by atoms with Crippen molar-refractivity contribution in [2.24, 2.45) is 0 Å². The largest absolute Gasteiger partial charge is 0.423 e. The zero-order valence-electron chi connectivity index (χ0n) is 10.6. The molecule has 19 heavy (non-hydrogen) atoms. The summed E-state index contributed by atoms with van der Waals surface area (Å²) in [6.07, 6.45) is 0. The molecular weight excluding hydrogens is 244 g/mol. The molecule has 0 radical (unpaired) electrons. The smallest absolute Gasteiger partial charge is 0.336 e. The predicted octanol–water partition coefficient (Wildman–Crippen LogP) is 1.89. The molecule has 0 spiro atoms. The fourth-order valence-corrected chi connectivity index (χ4v) is 2.14. The van der Waals surface area contributed by atoms with Gasteiger partial charge in [0, 0.05) is 23.2 Å². The highest BCUT2D eigenvalue weighted by atomic mass is 16.4. The molecule has 0 saturated heterocycles. The van der Waals surface area contributed by atoms with Crippen molar-refractivity contribution in [1.82, 2.24) is 9.78 Å². The van der Waals surface area contributed by atoms with Crippen LogP contribution in [0, 0.1) is 13.8 Å². The minimum atomic E-state index is -0.382. The first kappa shape index (κ1) is 11.5. The average Bonchev–Trinajstić information content (AvgIpc) is 2.67. The lowest BCUT2D eigenvalue weighted by atomic mass is 10.1. The van der Waals surface area contributed by atoms with E-state index in [1.807, 2.05) is 19.9 Å². The third-order valence-electron chi connectivity index (χ3n) is 3.03. The molecule has 0 saturated carbocycles. The Kier molecular flexibility index (Phi) is 2.41. The van der Waals surface area contributed by atoms with Gasteiger partial charge in [-0.1, -0.05) is 0 Å².